The second kappa shape index (κ2) is 6.48. The molecular weight excluding hydrogens is 252 g/mol. The maximum absolute atomic E-state index is 9.04. The molecule has 0 fully saturated rings. The number of benzene rings is 2. The summed E-state index contributed by atoms with van der Waals surface area (Å²) in [5.41, 5.74) is 2.48. The van der Waals surface area contributed by atoms with Gasteiger partial charge in [0.25, 0.3) is 0 Å². The predicted molar refractivity (Wildman–Crippen MR) is 78.0 cm³/mol. The Morgan fingerprint density at radius 3 is 2.50 bits per heavy atom. The molecule has 0 atom stereocenters. The maximum atomic E-state index is 9.04. The van der Waals surface area contributed by atoms with Gasteiger partial charge in [0.05, 0.1) is 12.7 Å². The monoisotopic (exact) mass is 268 g/mol. The molecule has 0 aliphatic heterocycles. The van der Waals surface area contributed by atoms with Crippen LogP contribution in [0.3, 0.4) is 0 Å². The number of ether oxygens (including phenoxy) is 2. The first-order valence-electron chi connectivity index (χ1n) is 6.24. The normalized spacial score (nSPS) is 9.65. The smallest absolute Gasteiger partial charge is 0.136 e. The van der Waals surface area contributed by atoms with Gasteiger partial charge >= 0.3 is 0 Å². The summed E-state index contributed by atoms with van der Waals surface area (Å²) in [5, 5.41) is 12.1. The Hall–Kier alpha value is -2.67. The summed E-state index contributed by atoms with van der Waals surface area (Å²) in [4.78, 5) is 0. The van der Waals surface area contributed by atoms with Gasteiger partial charge in [0.2, 0.25) is 0 Å². The molecule has 1 N–H and O–H groups in total. The molecule has 0 heterocycles. The Kier molecular flexibility index (Phi) is 4.46. The highest BCUT2D eigenvalue weighted by Gasteiger charge is 2.04. The van der Waals surface area contributed by atoms with Crippen molar-refractivity contribution < 1.29 is 9.47 Å². The molecule has 0 aliphatic carbocycles. The van der Waals surface area contributed by atoms with E-state index in [1.165, 1.54) is 0 Å². The standard InChI is InChI=1S/C16H16N2O2/c1-18-14-4-6-15(7-5-14)20-11-12-3-8-16(19-2)13(9-12)10-17/h3-9,18H,11H2,1-2H3. The van der Waals surface area contributed by atoms with Crippen LogP contribution in [0.1, 0.15) is 11.1 Å². The predicted octanol–water partition coefficient (Wildman–Crippen LogP) is 3.19. The van der Waals surface area contributed by atoms with Gasteiger partial charge in [0.15, 0.2) is 0 Å². The van der Waals surface area contributed by atoms with E-state index in [2.05, 4.69) is 11.4 Å². The van der Waals surface area contributed by atoms with E-state index in [-0.39, 0.29) is 0 Å². The summed E-state index contributed by atoms with van der Waals surface area (Å²) in [5.74, 6) is 1.37. The average molecular weight is 268 g/mol. The molecule has 0 spiro atoms. The fourth-order valence-electron chi connectivity index (χ4n) is 1.82. The van der Waals surface area contributed by atoms with Crippen molar-refractivity contribution in [1.82, 2.24) is 0 Å². The summed E-state index contributed by atoms with van der Waals surface area (Å²) >= 11 is 0. The minimum absolute atomic E-state index is 0.414. The van der Waals surface area contributed by atoms with E-state index in [4.69, 9.17) is 14.7 Å². The number of hydrogen-bond acceptors (Lipinski definition) is 4. The topological polar surface area (TPSA) is 54.3 Å². The number of hydrogen-bond donors (Lipinski definition) is 1. The van der Waals surface area contributed by atoms with Crippen LogP contribution in [0.2, 0.25) is 0 Å². The van der Waals surface area contributed by atoms with Crippen molar-refractivity contribution >= 4 is 5.69 Å². The Morgan fingerprint density at radius 2 is 1.90 bits per heavy atom. The number of nitrogens with zero attached hydrogens (tertiary/aromatic N) is 1. The molecule has 4 heteroatoms. The van der Waals surface area contributed by atoms with Crippen LogP contribution in [0.5, 0.6) is 11.5 Å². The Labute approximate surface area is 118 Å². The zero-order valence-electron chi connectivity index (χ0n) is 11.5. The highest BCUT2D eigenvalue weighted by atomic mass is 16.5. The number of nitriles is 1. The van der Waals surface area contributed by atoms with Crippen LogP contribution in [0.15, 0.2) is 42.5 Å². The molecular formula is C16H16N2O2. The van der Waals surface area contributed by atoms with Crippen molar-refractivity contribution in [3.8, 4) is 17.6 Å². The SMILES string of the molecule is CNc1ccc(OCc2ccc(OC)c(C#N)c2)cc1. The molecule has 0 bridgehead atoms. The Balaban J connectivity index is 2.05. The number of anilines is 1. The van der Waals surface area contributed by atoms with Crippen LogP contribution in [0, 0.1) is 11.3 Å². The fourth-order valence-corrected chi connectivity index (χ4v) is 1.82. The third kappa shape index (κ3) is 3.21. The molecule has 0 saturated heterocycles. The molecule has 2 rings (SSSR count). The summed E-state index contributed by atoms with van der Waals surface area (Å²) in [7, 11) is 3.42. The first-order chi connectivity index (χ1) is 9.76. The maximum Gasteiger partial charge on any atom is 0.136 e. The van der Waals surface area contributed by atoms with Crippen LogP contribution in [0.4, 0.5) is 5.69 Å². The number of rotatable bonds is 5. The van der Waals surface area contributed by atoms with Crippen LogP contribution in [-0.4, -0.2) is 14.2 Å². The van der Waals surface area contributed by atoms with Crippen molar-refractivity contribution in [1.29, 1.82) is 5.26 Å². The number of methoxy groups -OCH3 is 1. The minimum atomic E-state index is 0.414. The molecule has 2 aromatic carbocycles. The molecule has 2 aromatic rings. The van der Waals surface area contributed by atoms with Crippen molar-refractivity contribution in [3.63, 3.8) is 0 Å². The van der Waals surface area contributed by atoms with Gasteiger partial charge in [-0.2, -0.15) is 5.26 Å². The quantitative estimate of drug-likeness (QED) is 0.904. The molecule has 0 radical (unpaired) electrons. The largest absolute Gasteiger partial charge is 0.495 e. The molecule has 0 aliphatic rings. The highest BCUT2D eigenvalue weighted by molar-refractivity contribution is 5.46. The zero-order chi connectivity index (χ0) is 14.4. The van der Waals surface area contributed by atoms with E-state index in [0.717, 1.165) is 17.0 Å². The van der Waals surface area contributed by atoms with Crippen molar-refractivity contribution in [2.24, 2.45) is 0 Å². The summed E-state index contributed by atoms with van der Waals surface area (Å²) in [6.45, 7) is 0.414. The Bertz CT molecular complexity index is 615. The van der Waals surface area contributed by atoms with Gasteiger partial charge < -0.3 is 14.8 Å². The average Bonchev–Trinajstić information content (AvgIpc) is 2.53. The van der Waals surface area contributed by atoms with Crippen LogP contribution < -0.4 is 14.8 Å². The second-order valence-electron chi connectivity index (χ2n) is 4.21. The van der Waals surface area contributed by atoms with E-state index in [1.54, 1.807) is 19.2 Å². The van der Waals surface area contributed by atoms with Gasteiger partial charge in [-0.25, -0.2) is 0 Å². The van der Waals surface area contributed by atoms with Crippen LogP contribution >= 0.6 is 0 Å². The lowest BCUT2D eigenvalue weighted by molar-refractivity contribution is 0.306. The molecule has 20 heavy (non-hydrogen) atoms. The van der Waals surface area contributed by atoms with Crippen LogP contribution in [-0.2, 0) is 6.61 Å². The van der Waals surface area contributed by atoms with E-state index >= 15 is 0 Å². The van der Waals surface area contributed by atoms with Gasteiger partial charge in [-0.15, -0.1) is 0 Å². The van der Waals surface area contributed by atoms with E-state index in [9.17, 15) is 0 Å². The van der Waals surface area contributed by atoms with Gasteiger partial charge in [0.1, 0.15) is 24.2 Å². The third-order valence-corrected chi connectivity index (χ3v) is 2.93. The van der Waals surface area contributed by atoms with Crippen molar-refractivity contribution in [2.45, 2.75) is 6.61 Å². The molecule has 102 valence electrons. The van der Waals surface area contributed by atoms with E-state index < -0.39 is 0 Å². The van der Waals surface area contributed by atoms with Gasteiger partial charge in [0, 0.05) is 12.7 Å². The summed E-state index contributed by atoms with van der Waals surface area (Å²) < 4.78 is 10.8. The molecule has 4 nitrogen and oxygen atoms in total. The zero-order valence-corrected chi connectivity index (χ0v) is 11.5. The first-order valence-corrected chi connectivity index (χ1v) is 6.24. The second-order valence-corrected chi connectivity index (χ2v) is 4.21. The molecule has 0 amide bonds. The van der Waals surface area contributed by atoms with Crippen molar-refractivity contribution in [2.75, 3.05) is 19.5 Å². The van der Waals surface area contributed by atoms with Gasteiger partial charge in [-0.05, 0) is 42.0 Å². The molecule has 0 unspecified atom stereocenters. The molecule has 0 saturated carbocycles. The lowest BCUT2D eigenvalue weighted by Gasteiger charge is -2.09. The fraction of sp³-hybridized carbons (Fsp3) is 0.188. The third-order valence-electron chi connectivity index (χ3n) is 2.93. The van der Waals surface area contributed by atoms with Crippen LogP contribution in [0.25, 0.3) is 0 Å². The minimum Gasteiger partial charge on any atom is -0.495 e. The highest BCUT2D eigenvalue weighted by Crippen LogP contribution is 2.21. The van der Waals surface area contributed by atoms with Gasteiger partial charge in [-0.3, -0.25) is 0 Å². The summed E-state index contributed by atoms with van der Waals surface area (Å²) in [6, 6.07) is 15.3. The van der Waals surface area contributed by atoms with E-state index in [0.29, 0.717) is 17.9 Å². The van der Waals surface area contributed by atoms with E-state index in [1.807, 2.05) is 37.4 Å². The lowest BCUT2D eigenvalue weighted by Crippen LogP contribution is -1.97. The van der Waals surface area contributed by atoms with Crippen molar-refractivity contribution in [3.05, 3.63) is 53.6 Å². The summed E-state index contributed by atoms with van der Waals surface area (Å²) in [6.07, 6.45) is 0. The van der Waals surface area contributed by atoms with Gasteiger partial charge in [-0.1, -0.05) is 6.07 Å². The lowest BCUT2D eigenvalue weighted by atomic mass is 10.1. The molecule has 0 aromatic heterocycles. The Morgan fingerprint density at radius 1 is 1.15 bits per heavy atom. The number of nitrogens with one attached hydrogen (secondary N) is 1. The first kappa shape index (κ1) is 13.8.